The van der Waals surface area contributed by atoms with Gasteiger partial charge in [0.1, 0.15) is 5.82 Å². The number of nitrogens with zero attached hydrogens (tertiary/aromatic N) is 3. The molecule has 0 aliphatic carbocycles. The van der Waals surface area contributed by atoms with Crippen molar-refractivity contribution in [3.05, 3.63) is 23.3 Å². The predicted octanol–water partition coefficient (Wildman–Crippen LogP) is 2.22. The normalized spacial score (nSPS) is 11.7. The van der Waals surface area contributed by atoms with Gasteiger partial charge in [-0.2, -0.15) is 5.10 Å². The molecular weight excluding hydrogens is 314 g/mol. The minimum absolute atomic E-state index is 0.0159. The highest BCUT2D eigenvalue weighted by molar-refractivity contribution is 7.13. The molecule has 0 spiro atoms. The molecule has 0 bridgehead atoms. The molecule has 126 valence electrons. The van der Waals surface area contributed by atoms with Crippen LogP contribution in [-0.2, 0) is 6.54 Å². The average molecular weight is 337 g/mol. The number of hydrogen-bond acceptors (Lipinski definition) is 5. The summed E-state index contributed by atoms with van der Waals surface area (Å²) in [5, 5.41) is 21.7. The Bertz CT molecular complexity index is 631. The number of carbonyl (C=O) groups is 1. The number of carbonyl (C=O) groups excluding carboxylic acids is 1. The number of H-pyrrole nitrogens is 1. The van der Waals surface area contributed by atoms with Crippen molar-refractivity contribution in [2.45, 2.75) is 45.9 Å². The Balaban J connectivity index is 1.95. The Morgan fingerprint density at radius 1 is 1.52 bits per heavy atom. The molecule has 0 radical (unpaired) electrons. The first kappa shape index (κ1) is 17.4. The lowest BCUT2D eigenvalue weighted by atomic mass is 10.1. The van der Waals surface area contributed by atoms with Gasteiger partial charge in [-0.25, -0.2) is 9.78 Å². The molecule has 0 atom stereocenters. The first-order valence-corrected chi connectivity index (χ1v) is 8.36. The second-order valence-electron chi connectivity index (χ2n) is 6.28. The fourth-order valence-electron chi connectivity index (χ4n) is 2.06. The van der Waals surface area contributed by atoms with Crippen LogP contribution in [0.3, 0.4) is 0 Å². The summed E-state index contributed by atoms with van der Waals surface area (Å²) in [4.78, 5) is 19.2. The summed E-state index contributed by atoms with van der Waals surface area (Å²) in [7, 11) is 0. The van der Waals surface area contributed by atoms with Crippen molar-refractivity contribution in [1.29, 1.82) is 0 Å². The number of rotatable bonds is 6. The van der Waals surface area contributed by atoms with E-state index in [9.17, 15) is 9.90 Å². The van der Waals surface area contributed by atoms with E-state index in [0.29, 0.717) is 11.6 Å². The molecule has 0 unspecified atom stereocenters. The van der Waals surface area contributed by atoms with Crippen molar-refractivity contribution in [2.75, 3.05) is 6.54 Å². The Morgan fingerprint density at radius 2 is 2.26 bits per heavy atom. The van der Waals surface area contributed by atoms with E-state index in [2.05, 4.69) is 20.5 Å². The maximum Gasteiger partial charge on any atom is 0.318 e. The highest BCUT2D eigenvalue weighted by atomic mass is 32.1. The summed E-state index contributed by atoms with van der Waals surface area (Å²) in [6, 6.07) is 3.63. The summed E-state index contributed by atoms with van der Waals surface area (Å²) < 4.78 is 0. The molecule has 3 N–H and O–H groups in total. The Morgan fingerprint density at radius 3 is 2.83 bits per heavy atom. The van der Waals surface area contributed by atoms with E-state index in [-0.39, 0.29) is 25.2 Å². The van der Waals surface area contributed by atoms with Crippen LogP contribution in [-0.4, -0.2) is 49.4 Å². The first-order chi connectivity index (χ1) is 10.8. The van der Waals surface area contributed by atoms with Gasteiger partial charge in [0.2, 0.25) is 0 Å². The summed E-state index contributed by atoms with van der Waals surface area (Å²) in [6.45, 7) is 7.70. The van der Waals surface area contributed by atoms with Crippen molar-refractivity contribution < 1.29 is 9.90 Å². The van der Waals surface area contributed by atoms with Gasteiger partial charge >= 0.3 is 6.03 Å². The van der Waals surface area contributed by atoms with Crippen molar-refractivity contribution in [3.63, 3.8) is 0 Å². The van der Waals surface area contributed by atoms with Gasteiger partial charge < -0.3 is 15.3 Å². The van der Waals surface area contributed by atoms with Gasteiger partial charge in [0.25, 0.3) is 0 Å². The molecule has 2 aromatic heterocycles. The Hall–Kier alpha value is -1.93. The second kappa shape index (κ2) is 7.10. The van der Waals surface area contributed by atoms with E-state index in [1.54, 1.807) is 30.1 Å². The van der Waals surface area contributed by atoms with Gasteiger partial charge in [-0.3, -0.25) is 5.10 Å². The minimum Gasteiger partial charge on any atom is -0.389 e. The largest absolute Gasteiger partial charge is 0.389 e. The monoisotopic (exact) mass is 337 g/mol. The molecule has 23 heavy (non-hydrogen) atoms. The minimum atomic E-state index is -0.944. The molecule has 0 saturated carbocycles. The van der Waals surface area contributed by atoms with E-state index >= 15 is 0 Å². The number of thiophene rings is 1. The zero-order valence-corrected chi connectivity index (χ0v) is 14.6. The van der Waals surface area contributed by atoms with Crippen molar-refractivity contribution in [2.24, 2.45) is 0 Å². The number of urea groups is 1. The van der Waals surface area contributed by atoms with Crippen molar-refractivity contribution >= 4 is 17.4 Å². The maximum absolute atomic E-state index is 12.3. The van der Waals surface area contributed by atoms with Gasteiger partial charge in [-0.05, 0) is 39.1 Å². The van der Waals surface area contributed by atoms with Crippen LogP contribution in [0.4, 0.5) is 4.79 Å². The molecule has 2 amide bonds. The number of nitrogens with one attached hydrogen (secondary N) is 2. The van der Waals surface area contributed by atoms with Crippen LogP contribution in [0.15, 0.2) is 17.5 Å². The molecule has 0 aliphatic rings. The molecule has 7 nitrogen and oxygen atoms in total. The lowest BCUT2D eigenvalue weighted by Gasteiger charge is -2.32. The standard InChI is InChI=1S/C15H23N5O2S/c1-10(2)20(9-15(3,4)22)14(21)16-8-12-17-13(19-18-12)11-6-5-7-23-11/h5-7,10,22H,8-9H2,1-4H3,(H,16,21)(H,17,18,19). The Kier molecular flexibility index (Phi) is 5.38. The van der Waals surface area contributed by atoms with Crippen molar-refractivity contribution in [1.82, 2.24) is 25.4 Å². The van der Waals surface area contributed by atoms with Crippen LogP contribution >= 0.6 is 11.3 Å². The van der Waals surface area contributed by atoms with Gasteiger partial charge in [-0.15, -0.1) is 11.3 Å². The molecule has 0 aromatic carbocycles. The van der Waals surface area contributed by atoms with Gasteiger partial charge in [0.15, 0.2) is 5.82 Å². The third-order valence-electron chi connectivity index (χ3n) is 3.12. The summed E-state index contributed by atoms with van der Waals surface area (Å²) >= 11 is 1.56. The van der Waals surface area contributed by atoms with Crippen molar-refractivity contribution in [3.8, 4) is 10.7 Å². The second-order valence-corrected chi connectivity index (χ2v) is 7.22. The van der Waals surface area contributed by atoms with Crippen LogP contribution in [0.2, 0.25) is 0 Å². The molecular formula is C15H23N5O2S. The lowest BCUT2D eigenvalue weighted by Crippen LogP contribution is -2.49. The summed E-state index contributed by atoms with van der Waals surface area (Å²) in [5.74, 6) is 1.22. The fraction of sp³-hybridized carbons (Fsp3) is 0.533. The van der Waals surface area contributed by atoms with Crippen LogP contribution < -0.4 is 5.32 Å². The molecule has 0 fully saturated rings. The quantitative estimate of drug-likeness (QED) is 0.753. The molecule has 2 aromatic rings. The lowest BCUT2D eigenvalue weighted by molar-refractivity contribution is 0.0387. The van der Waals surface area contributed by atoms with E-state index in [0.717, 1.165) is 4.88 Å². The van der Waals surface area contributed by atoms with Gasteiger partial charge in [-0.1, -0.05) is 6.07 Å². The van der Waals surface area contributed by atoms with E-state index in [1.165, 1.54) is 0 Å². The summed E-state index contributed by atoms with van der Waals surface area (Å²) in [5.41, 5.74) is -0.944. The van der Waals surface area contributed by atoms with Crippen LogP contribution in [0.5, 0.6) is 0 Å². The zero-order valence-electron chi connectivity index (χ0n) is 13.8. The molecule has 2 rings (SSSR count). The smallest absolute Gasteiger partial charge is 0.318 e. The number of aliphatic hydroxyl groups is 1. The van der Waals surface area contributed by atoms with E-state index in [4.69, 9.17) is 0 Å². The zero-order chi connectivity index (χ0) is 17.0. The van der Waals surface area contributed by atoms with E-state index < -0.39 is 5.60 Å². The Labute approximate surface area is 139 Å². The number of amides is 2. The van der Waals surface area contributed by atoms with Crippen LogP contribution in [0.1, 0.15) is 33.5 Å². The highest BCUT2D eigenvalue weighted by Crippen LogP contribution is 2.20. The van der Waals surface area contributed by atoms with Crippen LogP contribution in [0.25, 0.3) is 10.7 Å². The number of aromatic nitrogens is 3. The first-order valence-electron chi connectivity index (χ1n) is 7.48. The molecule has 0 saturated heterocycles. The van der Waals surface area contributed by atoms with Gasteiger partial charge in [0, 0.05) is 6.04 Å². The third-order valence-corrected chi connectivity index (χ3v) is 3.99. The molecule has 0 aliphatic heterocycles. The average Bonchev–Trinajstić information content (AvgIpc) is 3.11. The SMILES string of the molecule is CC(C)N(CC(C)(C)O)C(=O)NCc1nc(-c2cccs2)n[nH]1. The fourth-order valence-corrected chi connectivity index (χ4v) is 2.71. The maximum atomic E-state index is 12.3. The third kappa shape index (κ3) is 5.04. The van der Waals surface area contributed by atoms with Gasteiger partial charge in [0.05, 0.1) is 23.6 Å². The number of hydrogen-bond donors (Lipinski definition) is 3. The predicted molar refractivity (Wildman–Crippen MR) is 90.1 cm³/mol. The molecule has 2 heterocycles. The molecule has 8 heteroatoms. The number of aromatic amines is 1. The highest BCUT2D eigenvalue weighted by Gasteiger charge is 2.24. The van der Waals surface area contributed by atoms with Crippen LogP contribution in [0, 0.1) is 0 Å². The topological polar surface area (TPSA) is 94.1 Å². The summed E-state index contributed by atoms with van der Waals surface area (Å²) in [6.07, 6.45) is 0. The van der Waals surface area contributed by atoms with E-state index in [1.807, 2.05) is 31.4 Å².